The highest BCUT2D eigenvalue weighted by Crippen LogP contribution is 2.45. The highest BCUT2D eigenvalue weighted by atomic mass is 16.1. The van der Waals surface area contributed by atoms with Crippen LogP contribution in [0.15, 0.2) is 36.4 Å². The normalized spacial score (nSPS) is 21.8. The minimum atomic E-state index is 0.0719. The van der Waals surface area contributed by atoms with Gasteiger partial charge in [0.2, 0.25) is 5.91 Å². The van der Waals surface area contributed by atoms with Gasteiger partial charge in [-0.1, -0.05) is 30.4 Å². The van der Waals surface area contributed by atoms with Crippen LogP contribution in [0.5, 0.6) is 0 Å². The van der Waals surface area contributed by atoms with E-state index in [0.29, 0.717) is 6.42 Å². The van der Waals surface area contributed by atoms with E-state index in [9.17, 15) is 4.79 Å². The van der Waals surface area contributed by atoms with E-state index in [0.717, 1.165) is 31.4 Å². The van der Waals surface area contributed by atoms with Crippen molar-refractivity contribution in [2.75, 3.05) is 5.32 Å². The number of fused-ring (bicyclic) bond motifs is 2. The molecule has 1 heterocycles. The Kier molecular flexibility index (Phi) is 2.50. The lowest BCUT2D eigenvalue weighted by Crippen LogP contribution is -2.37. The van der Waals surface area contributed by atoms with Crippen LogP contribution in [-0.2, 0) is 10.2 Å². The van der Waals surface area contributed by atoms with Gasteiger partial charge in [-0.15, -0.1) is 0 Å². The monoisotopic (exact) mass is 227 g/mol. The van der Waals surface area contributed by atoms with E-state index in [4.69, 9.17) is 0 Å². The zero-order chi connectivity index (χ0) is 11.7. The number of benzene rings is 1. The Morgan fingerprint density at radius 1 is 1.06 bits per heavy atom. The van der Waals surface area contributed by atoms with E-state index in [2.05, 4.69) is 29.6 Å². The first-order valence-electron chi connectivity index (χ1n) is 6.35. The summed E-state index contributed by atoms with van der Waals surface area (Å²) in [5.74, 6) is 0.172. The second kappa shape index (κ2) is 4.02. The minimum Gasteiger partial charge on any atom is -0.326 e. The SMILES string of the molecule is O=C1CC2(CCC=CCC2)c2ccccc2N1. The summed E-state index contributed by atoms with van der Waals surface area (Å²) in [6.45, 7) is 0. The summed E-state index contributed by atoms with van der Waals surface area (Å²) in [4.78, 5) is 11.9. The topological polar surface area (TPSA) is 29.1 Å². The number of para-hydroxylation sites is 1. The van der Waals surface area contributed by atoms with Gasteiger partial charge in [0.25, 0.3) is 0 Å². The zero-order valence-corrected chi connectivity index (χ0v) is 9.91. The second-order valence-electron chi connectivity index (χ2n) is 5.10. The lowest BCUT2D eigenvalue weighted by Gasteiger charge is -2.38. The van der Waals surface area contributed by atoms with E-state index in [1.54, 1.807) is 0 Å². The highest BCUT2D eigenvalue weighted by molar-refractivity contribution is 5.95. The molecule has 1 aromatic rings. The van der Waals surface area contributed by atoms with E-state index in [1.807, 2.05) is 12.1 Å². The predicted octanol–water partition coefficient (Wildman–Crippen LogP) is 3.40. The van der Waals surface area contributed by atoms with Crippen molar-refractivity contribution in [3.63, 3.8) is 0 Å². The first-order valence-corrected chi connectivity index (χ1v) is 6.35. The number of amides is 1. The van der Waals surface area contributed by atoms with Crippen LogP contribution in [0.2, 0.25) is 0 Å². The molecule has 0 saturated heterocycles. The molecule has 17 heavy (non-hydrogen) atoms. The summed E-state index contributed by atoms with van der Waals surface area (Å²) >= 11 is 0. The van der Waals surface area contributed by atoms with E-state index < -0.39 is 0 Å². The lowest BCUT2D eigenvalue weighted by atomic mass is 9.69. The summed E-state index contributed by atoms with van der Waals surface area (Å²) < 4.78 is 0. The van der Waals surface area contributed by atoms with Crippen LogP contribution in [0.25, 0.3) is 0 Å². The average Bonchev–Trinajstić information content (AvgIpc) is 2.55. The minimum absolute atomic E-state index is 0.0719. The molecule has 0 saturated carbocycles. The molecule has 3 rings (SSSR count). The molecule has 1 spiro atoms. The van der Waals surface area contributed by atoms with Gasteiger partial charge in [-0.3, -0.25) is 4.79 Å². The molecule has 1 aromatic carbocycles. The molecule has 2 heteroatoms. The summed E-state index contributed by atoms with van der Waals surface area (Å²) in [5.41, 5.74) is 2.43. The number of hydrogen-bond acceptors (Lipinski definition) is 1. The number of carbonyl (C=O) groups is 1. The second-order valence-corrected chi connectivity index (χ2v) is 5.10. The third-order valence-corrected chi connectivity index (χ3v) is 4.02. The fraction of sp³-hybridized carbons (Fsp3) is 0.400. The van der Waals surface area contributed by atoms with E-state index >= 15 is 0 Å². The average molecular weight is 227 g/mol. The molecule has 0 atom stereocenters. The fourth-order valence-electron chi connectivity index (χ4n) is 3.18. The molecule has 0 unspecified atom stereocenters. The molecule has 0 fully saturated rings. The van der Waals surface area contributed by atoms with Gasteiger partial charge in [-0.05, 0) is 37.3 Å². The van der Waals surface area contributed by atoms with Crippen LogP contribution >= 0.6 is 0 Å². The van der Waals surface area contributed by atoms with Gasteiger partial charge in [0.05, 0.1) is 0 Å². The quantitative estimate of drug-likeness (QED) is 0.676. The molecule has 0 bridgehead atoms. The van der Waals surface area contributed by atoms with Crippen LogP contribution in [0.1, 0.15) is 37.7 Å². The van der Waals surface area contributed by atoms with Gasteiger partial charge in [-0.25, -0.2) is 0 Å². The number of anilines is 1. The van der Waals surface area contributed by atoms with Crippen molar-refractivity contribution in [3.8, 4) is 0 Å². The van der Waals surface area contributed by atoms with Crippen molar-refractivity contribution in [2.24, 2.45) is 0 Å². The number of nitrogens with one attached hydrogen (secondary N) is 1. The summed E-state index contributed by atoms with van der Waals surface area (Å²) in [6, 6.07) is 8.27. The van der Waals surface area contributed by atoms with Crippen molar-refractivity contribution < 1.29 is 4.79 Å². The Bertz CT molecular complexity index is 466. The molecule has 1 N–H and O–H groups in total. The third-order valence-electron chi connectivity index (χ3n) is 4.02. The number of rotatable bonds is 0. The third kappa shape index (κ3) is 1.78. The molecule has 1 amide bonds. The lowest BCUT2D eigenvalue weighted by molar-refractivity contribution is -0.118. The first kappa shape index (κ1) is 10.6. The van der Waals surface area contributed by atoms with Crippen LogP contribution in [0.4, 0.5) is 5.69 Å². The Labute approximate surface area is 102 Å². The van der Waals surface area contributed by atoms with E-state index in [-0.39, 0.29) is 11.3 Å². The standard InChI is InChI=1S/C15H17NO/c17-14-11-15(9-5-1-2-6-10-15)12-7-3-4-8-13(12)16-14/h1-4,7-8H,5-6,9-11H2,(H,16,17). The first-order chi connectivity index (χ1) is 8.30. The fourth-order valence-corrected chi connectivity index (χ4v) is 3.18. The maximum atomic E-state index is 11.9. The number of carbonyl (C=O) groups excluding carboxylic acids is 1. The van der Waals surface area contributed by atoms with Crippen molar-refractivity contribution in [3.05, 3.63) is 42.0 Å². The summed E-state index contributed by atoms with van der Waals surface area (Å²) in [6.07, 6.45) is 9.50. The van der Waals surface area contributed by atoms with Crippen LogP contribution in [-0.4, -0.2) is 5.91 Å². The molecular weight excluding hydrogens is 210 g/mol. The molecule has 0 aromatic heterocycles. The highest BCUT2D eigenvalue weighted by Gasteiger charge is 2.39. The molecule has 88 valence electrons. The zero-order valence-electron chi connectivity index (χ0n) is 9.91. The Hall–Kier alpha value is -1.57. The Morgan fingerprint density at radius 2 is 1.76 bits per heavy atom. The largest absolute Gasteiger partial charge is 0.326 e. The van der Waals surface area contributed by atoms with Crippen molar-refractivity contribution in [1.29, 1.82) is 0 Å². The van der Waals surface area contributed by atoms with Crippen molar-refractivity contribution >= 4 is 11.6 Å². The van der Waals surface area contributed by atoms with Crippen molar-refractivity contribution in [1.82, 2.24) is 0 Å². The maximum Gasteiger partial charge on any atom is 0.225 e. The maximum absolute atomic E-state index is 11.9. The van der Waals surface area contributed by atoms with Crippen LogP contribution < -0.4 is 5.32 Å². The van der Waals surface area contributed by atoms with Gasteiger partial charge in [0, 0.05) is 17.5 Å². The molecule has 0 radical (unpaired) electrons. The summed E-state index contributed by atoms with van der Waals surface area (Å²) in [5, 5.41) is 2.99. The predicted molar refractivity (Wildman–Crippen MR) is 69.0 cm³/mol. The van der Waals surface area contributed by atoms with Crippen LogP contribution in [0.3, 0.4) is 0 Å². The molecule has 2 aliphatic rings. The Morgan fingerprint density at radius 3 is 2.53 bits per heavy atom. The molecule has 2 nitrogen and oxygen atoms in total. The number of allylic oxidation sites excluding steroid dienone is 2. The Balaban J connectivity index is 2.07. The molecular formula is C15H17NO. The van der Waals surface area contributed by atoms with Crippen LogP contribution in [0, 0.1) is 0 Å². The molecule has 1 aliphatic carbocycles. The van der Waals surface area contributed by atoms with Gasteiger partial charge in [0.1, 0.15) is 0 Å². The van der Waals surface area contributed by atoms with Gasteiger partial charge in [-0.2, -0.15) is 0 Å². The van der Waals surface area contributed by atoms with Crippen molar-refractivity contribution in [2.45, 2.75) is 37.5 Å². The van der Waals surface area contributed by atoms with E-state index in [1.165, 1.54) is 5.56 Å². The molecule has 1 aliphatic heterocycles. The smallest absolute Gasteiger partial charge is 0.225 e. The van der Waals surface area contributed by atoms with Gasteiger partial charge >= 0.3 is 0 Å². The van der Waals surface area contributed by atoms with Gasteiger partial charge in [0.15, 0.2) is 0 Å². The van der Waals surface area contributed by atoms with Gasteiger partial charge < -0.3 is 5.32 Å². The number of hydrogen-bond donors (Lipinski definition) is 1. The summed E-state index contributed by atoms with van der Waals surface area (Å²) in [7, 11) is 0.